The Balaban J connectivity index is 3.09. The van der Waals surface area contributed by atoms with Crippen LogP contribution in [0.2, 0.25) is 0 Å². The molecule has 9 heavy (non-hydrogen) atoms. The molecule has 0 aliphatic carbocycles. The molecule has 0 bridgehead atoms. The van der Waals surface area contributed by atoms with E-state index in [-0.39, 0.29) is 5.11 Å². The van der Waals surface area contributed by atoms with Gasteiger partial charge in [-0.1, -0.05) is 19.1 Å². The van der Waals surface area contributed by atoms with Crippen LogP contribution in [0.25, 0.3) is 0 Å². The monoisotopic (exact) mass is 143 g/mol. The zero-order chi connectivity index (χ0) is 7.11. The third-order valence-corrected chi connectivity index (χ3v) is 0.927. The van der Waals surface area contributed by atoms with Crippen molar-refractivity contribution < 1.29 is 0 Å². The fourth-order valence-corrected chi connectivity index (χ4v) is 0.485. The molecule has 0 saturated heterocycles. The molecule has 2 nitrogen and oxygen atoms in total. The maximum atomic E-state index is 6.80. The smallest absolute Gasteiger partial charge is 0.185 e. The highest BCUT2D eigenvalue weighted by molar-refractivity contribution is 7.80. The first-order chi connectivity index (χ1) is 4.27. The highest BCUT2D eigenvalue weighted by Gasteiger charge is 1.79. The second-order valence-corrected chi connectivity index (χ2v) is 2.00. The van der Waals surface area contributed by atoms with E-state index in [0.29, 0.717) is 6.54 Å². The molecule has 2 N–H and O–H groups in total. The lowest BCUT2D eigenvalue weighted by molar-refractivity contribution is 1.03. The lowest BCUT2D eigenvalue weighted by Crippen LogP contribution is -2.21. The molecule has 0 fully saturated rings. The lowest BCUT2D eigenvalue weighted by atomic mass is 10.4. The number of thiocarbonyl (C=S) groups is 1. The highest BCUT2D eigenvalue weighted by Crippen LogP contribution is 1.76. The van der Waals surface area contributed by atoms with Crippen LogP contribution in [-0.2, 0) is 0 Å². The quantitative estimate of drug-likeness (QED) is 0.474. The fraction of sp³-hybridized carbons (Fsp3) is 0.500. The van der Waals surface area contributed by atoms with E-state index in [4.69, 9.17) is 5.73 Å². The van der Waals surface area contributed by atoms with Gasteiger partial charge in [0.1, 0.15) is 0 Å². The maximum absolute atomic E-state index is 6.80. The van der Waals surface area contributed by atoms with Gasteiger partial charge in [0.15, 0.2) is 5.11 Å². The van der Waals surface area contributed by atoms with Crippen LogP contribution in [0, 0.1) is 0 Å². The minimum atomic E-state index is 0.107. The molecule has 0 aromatic carbocycles. The molecule has 0 unspecified atom stereocenters. The Hall–Kier alpha value is -0.570. The summed E-state index contributed by atoms with van der Waals surface area (Å²) in [5, 5.41) is 2.80. The van der Waals surface area contributed by atoms with Gasteiger partial charge in [-0.15, -0.1) is 0 Å². The van der Waals surface area contributed by atoms with Crippen LogP contribution < -0.4 is 11.1 Å². The molecule has 51 valence electrons. The topological polar surface area (TPSA) is 35.8 Å². The number of allylic oxidation sites excluding steroid dienone is 1. The standard InChI is InChI=1S/C6H11N2S/c1-2-3-4-5-8-6(7)9/h3-4,7H,2,5H2,1H3,(H,8,9). The highest BCUT2D eigenvalue weighted by atomic mass is 32.1. The molecule has 0 spiro atoms. The van der Waals surface area contributed by atoms with E-state index in [2.05, 4.69) is 24.5 Å². The van der Waals surface area contributed by atoms with Crippen LogP contribution in [0.3, 0.4) is 0 Å². The molecular weight excluding hydrogens is 132 g/mol. The fourth-order valence-electron chi connectivity index (χ4n) is 0.402. The van der Waals surface area contributed by atoms with Gasteiger partial charge >= 0.3 is 0 Å². The van der Waals surface area contributed by atoms with Crippen molar-refractivity contribution in [1.29, 1.82) is 0 Å². The van der Waals surface area contributed by atoms with Crippen molar-refractivity contribution in [2.24, 2.45) is 0 Å². The third kappa shape index (κ3) is 7.43. The first kappa shape index (κ1) is 8.43. The van der Waals surface area contributed by atoms with Crippen molar-refractivity contribution in [1.82, 2.24) is 11.1 Å². The van der Waals surface area contributed by atoms with E-state index >= 15 is 0 Å². The van der Waals surface area contributed by atoms with Crippen LogP contribution in [0.4, 0.5) is 0 Å². The Kier molecular flexibility index (Phi) is 5.21. The second-order valence-electron chi connectivity index (χ2n) is 1.59. The summed E-state index contributed by atoms with van der Waals surface area (Å²) in [6.45, 7) is 2.74. The molecule has 0 saturated carbocycles. The molecule has 0 aromatic heterocycles. The summed E-state index contributed by atoms with van der Waals surface area (Å²) in [6, 6.07) is 0. The molecular formula is C6H11N2S. The Morgan fingerprint density at radius 3 is 2.78 bits per heavy atom. The van der Waals surface area contributed by atoms with Gasteiger partial charge < -0.3 is 5.32 Å². The summed E-state index contributed by atoms with van der Waals surface area (Å²) in [5.74, 6) is 0. The Morgan fingerprint density at radius 2 is 2.33 bits per heavy atom. The van der Waals surface area contributed by atoms with E-state index in [0.717, 1.165) is 6.42 Å². The predicted molar refractivity (Wildman–Crippen MR) is 43.1 cm³/mol. The van der Waals surface area contributed by atoms with Crippen LogP contribution in [0.1, 0.15) is 13.3 Å². The van der Waals surface area contributed by atoms with Crippen LogP contribution in [-0.4, -0.2) is 11.7 Å². The largest absolute Gasteiger partial charge is 0.358 e. The van der Waals surface area contributed by atoms with Crippen molar-refractivity contribution in [2.45, 2.75) is 13.3 Å². The number of hydrogen-bond acceptors (Lipinski definition) is 1. The van der Waals surface area contributed by atoms with Gasteiger partial charge in [0.05, 0.1) is 0 Å². The molecule has 3 heteroatoms. The molecule has 0 rings (SSSR count). The predicted octanol–water partition coefficient (Wildman–Crippen LogP) is 1.11. The van der Waals surface area contributed by atoms with Crippen molar-refractivity contribution in [3.63, 3.8) is 0 Å². The Labute approximate surface area is 61.1 Å². The van der Waals surface area contributed by atoms with Crippen LogP contribution in [0.15, 0.2) is 12.2 Å². The number of nitrogens with one attached hydrogen (secondary N) is 2. The zero-order valence-corrected chi connectivity index (χ0v) is 6.29. The van der Waals surface area contributed by atoms with Crippen molar-refractivity contribution in [3.05, 3.63) is 12.2 Å². The van der Waals surface area contributed by atoms with Gasteiger partial charge in [-0.3, -0.25) is 5.73 Å². The number of rotatable bonds is 3. The molecule has 0 aliphatic rings. The lowest BCUT2D eigenvalue weighted by Gasteiger charge is -1.94. The first-order valence-corrected chi connectivity index (χ1v) is 3.32. The SMILES string of the molecule is CCC=CCNC([NH])=S. The summed E-state index contributed by atoms with van der Waals surface area (Å²) in [7, 11) is 0. The zero-order valence-electron chi connectivity index (χ0n) is 5.48. The molecule has 0 amide bonds. The minimum absolute atomic E-state index is 0.107. The summed E-state index contributed by atoms with van der Waals surface area (Å²) >= 11 is 4.47. The summed E-state index contributed by atoms with van der Waals surface area (Å²) in [4.78, 5) is 0. The second kappa shape index (κ2) is 5.56. The van der Waals surface area contributed by atoms with Gasteiger partial charge in [-0.2, -0.15) is 0 Å². The van der Waals surface area contributed by atoms with Gasteiger partial charge in [-0.25, -0.2) is 0 Å². The van der Waals surface area contributed by atoms with Crippen LogP contribution >= 0.6 is 12.2 Å². The minimum Gasteiger partial charge on any atom is -0.358 e. The van der Waals surface area contributed by atoms with Crippen molar-refractivity contribution in [2.75, 3.05) is 6.54 Å². The Bertz CT molecular complexity index is 110. The molecule has 0 atom stereocenters. The summed E-state index contributed by atoms with van der Waals surface area (Å²) < 4.78 is 0. The third-order valence-electron chi connectivity index (χ3n) is 0.783. The van der Waals surface area contributed by atoms with E-state index < -0.39 is 0 Å². The van der Waals surface area contributed by atoms with Crippen molar-refractivity contribution in [3.8, 4) is 0 Å². The molecule has 1 radical (unpaired) electrons. The molecule has 0 aromatic rings. The van der Waals surface area contributed by atoms with E-state index in [1.54, 1.807) is 0 Å². The van der Waals surface area contributed by atoms with Gasteiger partial charge in [0.2, 0.25) is 0 Å². The van der Waals surface area contributed by atoms with Gasteiger partial charge in [-0.05, 0) is 18.6 Å². The van der Waals surface area contributed by atoms with Crippen molar-refractivity contribution >= 4 is 17.3 Å². The summed E-state index contributed by atoms with van der Waals surface area (Å²) in [5.41, 5.74) is 6.80. The molecule has 0 heterocycles. The normalized spacial score (nSPS) is 9.89. The van der Waals surface area contributed by atoms with E-state index in [1.807, 2.05) is 12.2 Å². The van der Waals surface area contributed by atoms with Crippen LogP contribution in [0.5, 0.6) is 0 Å². The maximum Gasteiger partial charge on any atom is 0.185 e. The summed E-state index contributed by atoms with van der Waals surface area (Å²) in [6.07, 6.45) is 5.03. The average Bonchev–Trinajstić information content (AvgIpc) is 1.80. The first-order valence-electron chi connectivity index (χ1n) is 2.91. The van der Waals surface area contributed by atoms with E-state index in [9.17, 15) is 0 Å². The average molecular weight is 143 g/mol. The molecule has 0 aliphatic heterocycles. The number of hydrogen-bond donors (Lipinski definition) is 1. The Morgan fingerprint density at radius 1 is 1.67 bits per heavy atom. The van der Waals surface area contributed by atoms with Gasteiger partial charge in [0, 0.05) is 6.54 Å². The van der Waals surface area contributed by atoms with E-state index in [1.165, 1.54) is 0 Å². The van der Waals surface area contributed by atoms with Gasteiger partial charge in [0.25, 0.3) is 0 Å².